The molecule has 0 radical (unpaired) electrons. The third-order valence-electron chi connectivity index (χ3n) is 4.46. The van der Waals surface area contributed by atoms with Crippen LogP contribution in [0.5, 0.6) is 0 Å². The van der Waals surface area contributed by atoms with Crippen LogP contribution in [0.25, 0.3) is 28.0 Å². The number of hydrogen-bond donors (Lipinski definition) is 0. The van der Waals surface area contributed by atoms with Crippen molar-refractivity contribution in [2.45, 2.75) is 13.3 Å². The first-order chi connectivity index (χ1) is 12.3. The maximum absolute atomic E-state index is 9.24. The summed E-state index contributed by atoms with van der Waals surface area (Å²) in [6.45, 7) is 2.04. The topological polar surface area (TPSA) is 41.1 Å². The van der Waals surface area contributed by atoms with E-state index in [4.69, 9.17) is 4.98 Å². The monoisotopic (exact) mass is 323 g/mol. The lowest BCUT2D eigenvalue weighted by Gasteiger charge is -2.04. The Morgan fingerprint density at radius 2 is 1.56 bits per heavy atom. The molecule has 3 nitrogen and oxygen atoms in total. The Labute approximate surface area is 146 Å². The van der Waals surface area contributed by atoms with Crippen LogP contribution in [-0.2, 0) is 6.42 Å². The molecular formula is C22H17N3. The van der Waals surface area contributed by atoms with Crippen LogP contribution in [0.15, 0.2) is 72.9 Å². The van der Waals surface area contributed by atoms with Crippen molar-refractivity contribution < 1.29 is 0 Å². The zero-order valence-electron chi connectivity index (χ0n) is 14.0. The fraction of sp³-hybridized carbons (Fsp3) is 0.0909. The first-order valence-corrected chi connectivity index (χ1v) is 8.27. The van der Waals surface area contributed by atoms with Gasteiger partial charge in [-0.25, -0.2) is 4.98 Å². The molecule has 2 aromatic carbocycles. The Morgan fingerprint density at radius 3 is 2.28 bits per heavy atom. The summed E-state index contributed by atoms with van der Waals surface area (Å²) in [7, 11) is 0. The van der Waals surface area contributed by atoms with Crippen LogP contribution >= 0.6 is 0 Å². The number of benzene rings is 2. The minimum Gasteiger partial charge on any atom is -0.302 e. The van der Waals surface area contributed by atoms with Crippen LogP contribution in [0.3, 0.4) is 0 Å². The van der Waals surface area contributed by atoms with Crippen molar-refractivity contribution in [2.75, 3.05) is 0 Å². The van der Waals surface area contributed by atoms with Gasteiger partial charge in [-0.2, -0.15) is 5.26 Å². The number of hydrogen-bond acceptors (Lipinski definition) is 2. The molecule has 3 heteroatoms. The molecule has 0 amide bonds. The van der Waals surface area contributed by atoms with E-state index >= 15 is 0 Å². The fourth-order valence-electron chi connectivity index (χ4n) is 3.18. The van der Waals surface area contributed by atoms with Crippen LogP contribution in [0.4, 0.5) is 0 Å². The molecule has 0 unspecified atom stereocenters. The van der Waals surface area contributed by atoms with Gasteiger partial charge in [-0.1, -0.05) is 60.7 Å². The molecule has 0 fully saturated rings. The molecule has 25 heavy (non-hydrogen) atoms. The molecule has 120 valence electrons. The summed E-state index contributed by atoms with van der Waals surface area (Å²) in [5.74, 6) is 0. The van der Waals surface area contributed by atoms with E-state index < -0.39 is 0 Å². The van der Waals surface area contributed by atoms with Crippen molar-refractivity contribution in [1.29, 1.82) is 5.26 Å². The van der Waals surface area contributed by atoms with E-state index in [1.165, 1.54) is 11.1 Å². The summed E-state index contributed by atoms with van der Waals surface area (Å²) in [6.07, 6.45) is 2.31. The Morgan fingerprint density at radius 1 is 0.880 bits per heavy atom. The summed E-state index contributed by atoms with van der Waals surface area (Å²) in [6, 6.07) is 25.0. The fourth-order valence-corrected chi connectivity index (χ4v) is 3.18. The zero-order chi connectivity index (χ0) is 17.2. The van der Waals surface area contributed by atoms with Crippen LogP contribution in [-0.4, -0.2) is 9.38 Å². The Kier molecular flexibility index (Phi) is 3.80. The van der Waals surface area contributed by atoms with Crippen molar-refractivity contribution in [3.05, 3.63) is 84.2 Å². The predicted molar refractivity (Wildman–Crippen MR) is 100 cm³/mol. The van der Waals surface area contributed by atoms with Gasteiger partial charge >= 0.3 is 0 Å². The van der Waals surface area contributed by atoms with Crippen LogP contribution in [0.2, 0.25) is 0 Å². The number of aryl methyl sites for hydroxylation is 1. The van der Waals surface area contributed by atoms with E-state index in [2.05, 4.69) is 42.5 Å². The summed E-state index contributed by atoms with van der Waals surface area (Å²) >= 11 is 0. The molecule has 0 saturated carbocycles. The van der Waals surface area contributed by atoms with Gasteiger partial charge in [0.05, 0.1) is 23.9 Å². The molecule has 0 bridgehead atoms. The Hall–Kier alpha value is -3.38. The highest BCUT2D eigenvalue weighted by atomic mass is 15.0. The molecule has 4 rings (SSSR count). The van der Waals surface area contributed by atoms with Crippen molar-refractivity contribution in [2.24, 2.45) is 0 Å². The van der Waals surface area contributed by atoms with E-state index in [0.29, 0.717) is 6.42 Å². The standard InChI is InChI=1S/C22H17N3/c1-16-6-5-15-25-20(13-14-23)21(24-22(16)25)19-11-9-18(10-12-19)17-7-3-2-4-8-17/h2-12,15H,13H2,1H3. The third-order valence-corrected chi connectivity index (χ3v) is 4.46. The molecule has 0 aliphatic carbocycles. The van der Waals surface area contributed by atoms with E-state index in [0.717, 1.165) is 28.2 Å². The molecule has 2 heterocycles. The van der Waals surface area contributed by atoms with Gasteiger partial charge in [-0.3, -0.25) is 0 Å². The SMILES string of the molecule is Cc1cccn2c(CC#N)c(-c3ccc(-c4ccccc4)cc3)nc12. The Balaban J connectivity index is 1.83. The van der Waals surface area contributed by atoms with E-state index in [1.54, 1.807) is 0 Å². The zero-order valence-corrected chi connectivity index (χ0v) is 14.0. The quantitative estimate of drug-likeness (QED) is 0.530. The van der Waals surface area contributed by atoms with Gasteiger partial charge in [0.2, 0.25) is 0 Å². The van der Waals surface area contributed by atoms with Crippen molar-refractivity contribution in [1.82, 2.24) is 9.38 Å². The highest BCUT2D eigenvalue weighted by Crippen LogP contribution is 2.28. The summed E-state index contributed by atoms with van der Waals surface area (Å²) in [4.78, 5) is 4.82. The largest absolute Gasteiger partial charge is 0.302 e. The van der Waals surface area contributed by atoms with Crippen molar-refractivity contribution in [3.8, 4) is 28.5 Å². The molecule has 0 aliphatic rings. The van der Waals surface area contributed by atoms with Gasteiger partial charge in [0, 0.05) is 11.8 Å². The maximum Gasteiger partial charge on any atom is 0.140 e. The van der Waals surface area contributed by atoms with Gasteiger partial charge < -0.3 is 4.40 Å². The van der Waals surface area contributed by atoms with Crippen LogP contribution in [0, 0.1) is 18.3 Å². The van der Waals surface area contributed by atoms with Gasteiger partial charge in [-0.05, 0) is 29.7 Å². The second-order valence-electron chi connectivity index (χ2n) is 6.07. The van der Waals surface area contributed by atoms with Gasteiger partial charge in [0.1, 0.15) is 5.65 Å². The molecule has 0 atom stereocenters. The molecule has 0 N–H and O–H groups in total. The summed E-state index contributed by atoms with van der Waals surface area (Å²) < 4.78 is 2.03. The lowest BCUT2D eigenvalue weighted by atomic mass is 10.0. The second kappa shape index (κ2) is 6.26. The number of pyridine rings is 1. The highest BCUT2D eigenvalue weighted by Gasteiger charge is 2.14. The molecular weight excluding hydrogens is 306 g/mol. The number of aromatic nitrogens is 2. The smallest absolute Gasteiger partial charge is 0.140 e. The third kappa shape index (κ3) is 2.68. The van der Waals surface area contributed by atoms with Gasteiger partial charge in [0.25, 0.3) is 0 Å². The molecule has 0 spiro atoms. The number of rotatable bonds is 3. The summed E-state index contributed by atoms with van der Waals surface area (Å²) in [5.41, 5.74) is 7.24. The van der Waals surface area contributed by atoms with Gasteiger partial charge in [-0.15, -0.1) is 0 Å². The predicted octanol–water partition coefficient (Wildman–Crippen LogP) is 5.04. The van der Waals surface area contributed by atoms with Crippen LogP contribution in [0.1, 0.15) is 11.3 Å². The second-order valence-corrected chi connectivity index (χ2v) is 6.07. The lowest BCUT2D eigenvalue weighted by Crippen LogP contribution is -1.94. The van der Waals surface area contributed by atoms with Crippen molar-refractivity contribution >= 4 is 5.65 Å². The van der Waals surface area contributed by atoms with Gasteiger partial charge in [0.15, 0.2) is 0 Å². The number of imidazole rings is 1. The molecule has 0 aliphatic heterocycles. The average Bonchev–Trinajstić information content (AvgIpc) is 3.03. The maximum atomic E-state index is 9.24. The van der Waals surface area contributed by atoms with E-state index in [1.807, 2.05) is 47.9 Å². The molecule has 4 aromatic rings. The van der Waals surface area contributed by atoms with Crippen LogP contribution < -0.4 is 0 Å². The first kappa shape index (κ1) is 15.2. The average molecular weight is 323 g/mol. The summed E-state index contributed by atoms with van der Waals surface area (Å²) in [5, 5.41) is 9.24. The minimum absolute atomic E-state index is 0.334. The lowest BCUT2D eigenvalue weighted by molar-refractivity contribution is 1.05. The van der Waals surface area contributed by atoms with E-state index in [9.17, 15) is 5.26 Å². The number of nitrogens with zero attached hydrogens (tertiary/aromatic N) is 3. The minimum atomic E-state index is 0.334. The first-order valence-electron chi connectivity index (χ1n) is 8.27. The highest BCUT2D eigenvalue weighted by molar-refractivity contribution is 5.72. The number of fused-ring (bicyclic) bond motifs is 1. The normalized spacial score (nSPS) is 10.7. The Bertz CT molecular complexity index is 1070. The van der Waals surface area contributed by atoms with E-state index in [-0.39, 0.29) is 0 Å². The number of nitriles is 1. The van der Waals surface area contributed by atoms with Crippen molar-refractivity contribution in [3.63, 3.8) is 0 Å². The molecule has 0 saturated heterocycles. The molecule has 2 aromatic heterocycles.